The Kier molecular flexibility index (Phi) is 9.64. The Morgan fingerprint density at radius 3 is 2.58 bits per heavy atom. The molecule has 1 aromatic heterocycles. The first-order valence-corrected chi connectivity index (χ1v) is 15.2. The Hall–Kier alpha value is -2.81. The van der Waals surface area contributed by atoms with Crippen molar-refractivity contribution in [2.75, 3.05) is 75.8 Å². The largest absolute Gasteiger partial charge is 0.494 e. The molecule has 0 radical (unpaired) electrons. The number of amides is 1. The number of hydrogen-bond acceptors (Lipinski definition) is 11. The van der Waals surface area contributed by atoms with Crippen molar-refractivity contribution < 1.29 is 23.4 Å². The summed E-state index contributed by atoms with van der Waals surface area (Å²) in [6, 6.07) is 4.20. The number of carbonyl (C=O) groups excluding carboxylic acids is 1. The standard InChI is InChI=1S/C26H38ClN7O5S/c1-6-24(35)29-20-11-21(23(38-4)12-22(20)33-9-7-18(8-10-33)32(2)3)30-26-28-13-19(27)25(31-26)39-16-17-14-34(15-17)40(5,36)37/h6,11-13,17-18,36-37H,1,7-10,14-16H2,2-5H3,(H,29,35)(H,28,30,31). The van der Waals surface area contributed by atoms with E-state index in [1.165, 1.54) is 18.5 Å². The second kappa shape index (κ2) is 12.8. The van der Waals surface area contributed by atoms with Crippen LogP contribution in [0, 0.1) is 5.92 Å². The van der Waals surface area contributed by atoms with Gasteiger partial charge in [0.15, 0.2) is 0 Å². The molecule has 12 nitrogen and oxygen atoms in total. The SMILES string of the molecule is C=CC(=O)Nc1cc(Nc2ncc(Cl)c(OCC3CN(S(C)(O)O)C3)n2)c(OC)cc1N1CCC(N(C)C)CC1. The number of piperidine rings is 1. The number of hydrogen-bond donors (Lipinski definition) is 4. The number of nitrogens with zero attached hydrogens (tertiary/aromatic N) is 5. The van der Waals surface area contributed by atoms with Crippen LogP contribution in [0.1, 0.15) is 12.8 Å². The molecular formula is C26H38ClN7O5S. The molecule has 1 amide bonds. The van der Waals surface area contributed by atoms with Crippen LogP contribution in [0.15, 0.2) is 31.0 Å². The number of rotatable bonds is 11. The lowest BCUT2D eigenvalue weighted by molar-refractivity contribution is -0.111. The molecule has 14 heteroatoms. The van der Waals surface area contributed by atoms with Crippen molar-refractivity contribution in [2.24, 2.45) is 5.92 Å². The van der Waals surface area contributed by atoms with Gasteiger partial charge in [-0.05, 0) is 39.1 Å². The molecule has 40 heavy (non-hydrogen) atoms. The summed E-state index contributed by atoms with van der Waals surface area (Å²) in [5.74, 6) is 0.796. The lowest BCUT2D eigenvalue weighted by atomic mass is 10.0. The average molecular weight is 596 g/mol. The summed E-state index contributed by atoms with van der Waals surface area (Å²) >= 11 is 6.28. The molecule has 4 rings (SSSR count). The highest BCUT2D eigenvalue weighted by Crippen LogP contribution is 2.44. The van der Waals surface area contributed by atoms with Crippen LogP contribution in [0.3, 0.4) is 0 Å². The van der Waals surface area contributed by atoms with Crippen molar-refractivity contribution in [1.29, 1.82) is 0 Å². The molecule has 0 atom stereocenters. The van der Waals surface area contributed by atoms with Crippen molar-refractivity contribution in [1.82, 2.24) is 19.2 Å². The van der Waals surface area contributed by atoms with Crippen LogP contribution in [0.4, 0.5) is 23.0 Å². The van der Waals surface area contributed by atoms with E-state index >= 15 is 0 Å². The van der Waals surface area contributed by atoms with Gasteiger partial charge in [0.2, 0.25) is 17.7 Å². The van der Waals surface area contributed by atoms with E-state index in [0.717, 1.165) is 31.6 Å². The molecule has 3 heterocycles. The van der Waals surface area contributed by atoms with E-state index < -0.39 is 10.8 Å². The van der Waals surface area contributed by atoms with E-state index in [9.17, 15) is 13.9 Å². The monoisotopic (exact) mass is 595 g/mol. The van der Waals surface area contributed by atoms with Gasteiger partial charge in [0.25, 0.3) is 0 Å². The second-order valence-corrected chi connectivity index (χ2v) is 12.7. The van der Waals surface area contributed by atoms with Crippen LogP contribution >= 0.6 is 22.4 Å². The van der Waals surface area contributed by atoms with Crippen LogP contribution < -0.4 is 25.0 Å². The van der Waals surface area contributed by atoms with Gasteiger partial charge in [-0.2, -0.15) is 4.98 Å². The van der Waals surface area contributed by atoms with Gasteiger partial charge in [-0.15, -0.1) is 10.8 Å². The van der Waals surface area contributed by atoms with Gasteiger partial charge in [0.05, 0.1) is 37.0 Å². The van der Waals surface area contributed by atoms with E-state index in [0.29, 0.717) is 42.9 Å². The maximum absolute atomic E-state index is 12.3. The highest BCUT2D eigenvalue weighted by molar-refractivity contribution is 8.21. The number of halogens is 1. The number of ether oxygens (including phenoxy) is 2. The molecule has 0 unspecified atom stereocenters. The summed E-state index contributed by atoms with van der Waals surface area (Å²) in [6.45, 7) is 6.62. The van der Waals surface area contributed by atoms with Crippen molar-refractivity contribution in [2.45, 2.75) is 18.9 Å². The predicted octanol–water partition coefficient (Wildman–Crippen LogP) is 4.14. The molecule has 2 aromatic rings. The Balaban J connectivity index is 1.52. The third kappa shape index (κ3) is 7.28. The minimum absolute atomic E-state index is 0.125. The fourth-order valence-electron chi connectivity index (χ4n) is 4.74. The zero-order valence-electron chi connectivity index (χ0n) is 23.3. The number of methoxy groups -OCH3 is 1. The normalized spacial score (nSPS) is 17.4. The Morgan fingerprint density at radius 1 is 1.27 bits per heavy atom. The van der Waals surface area contributed by atoms with Crippen LogP contribution in [-0.4, -0.2) is 100 Å². The maximum atomic E-state index is 12.3. The molecule has 2 saturated heterocycles. The molecule has 0 aliphatic carbocycles. The number of anilines is 4. The third-order valence-electron chi connectivity index (χ3n) is 7.12. The first kappa shape index (κ1) is 30.2. The zero-order chi connectivity index (χ0) is 29.0. The molecule has 220 valence electrons. The summed E-state index contributed by atoms with van der Waals surface area (Å²) in [7, 11) is 3.07. The van der Waals surface area contributed by atoms with Crippen LogP contribution in [-0.2, 0) is 4.79 Å². The van der Waals surface area contributed by atoms with Gasteiger partial charge in [0, 0.05) is 50.5 Å². The molecule has 2 aliphatic rings. The molecule has 2 aliphatic heterocycles. The molecule has 0 saturated carbocycles. The maximum Gasteiger partial charge on any atom is 0.247 e. The lowest BCUT2D eigenvalue weighted by Gasteiger charge is -2.49. The van der Waals surface area contributed by atoms with Gasteiger partial charge in [-0.3, -0.25) is 13.9 Å². The quantitative estimate of drug-likeness (QED) is 0.279. The van der Waals surface area contributed by atoms with Crippen molar-refractivity contribution in [3.8, 4) is 11.6 Å². The number of carbonyl (C=O) groups is 1. The van der Waals surface area contributed by atoms with Gasteiger partial charge >= 0.3 is 0 Å². The van der Waals surface area contributed by atoms with E-state index in [2.05, 4.69) is 51.1 Å². The van der Waals surface area contributed by atoms with Gasteiger partial charge in [-0.25, -0.2) is 9.29 Å². The molecule has 0 spiro atoms. The van der Waals surface area contributed by atoms with Crippen molar-refractivity contribution >= 4 is 51.3 Å². The van der Waals surface area contributed by atoms with Gasteiger partial charge in [-0.1, -0.05) is 18.2 Å². The van der Waals surface area contributed by atoms with E-state index in [4.69, 9.17) is 21.1 Å². The highest BCUT2D eigenvalue weighted by atomic mass is 35.5. The average Bonchev–Trinajstić information content (AvgIpc) is 2.88. The minimum atomic E-state index is -2.70. The number of nitrogens with one attached hydrogen (secondary N) is 2. The highest BCUT2D eigenvalue weighted by Gasteiger charge is 2.34. The molecular weight excluding hydrogens is 558 g/mol. The topological polar surface area (TPSA) is 136 Å². The van der Waals surface area contributed by atoms with Crippen LogP contribution in [0.2, 0.25) is 5.02 Å². The summed E-state index contributed by atoms with van der Waals surface area (Å²) in [5, 5.41) is 6.33. The summed E-state index contributed by atoms with van der Waals surface area (Å²) < 4.78 is 32.6. The summed E-state index contributed by atoms with van der Waals surface area (Å²) in [6.07, 6.45) is 6.09. The number of benzene rings is 1. The Labute approximate surface area is 241 Å². The fourth-order valence-corrected chi connectivity index (χ4v) is 5.88. The molecule has 0 bridgehead atoms. The molecule has 2 fully saturated rings. The second-order valence-electron chi connectivity index (χ2n) is 10.2. The number of aromatic nitrogens is 2. The Morgan fingerprint density at radius 2 is 1.98 bits per heavy atom. The summed E-state index contributed by atoms with van der Waals surface area (Å²) in [4.78, 5) is 25.5. The van der Waals surface area contributed by atoms with Crippen LogP contribution in [0.25, 0.3) is 0 Å². The van der Waals surface area contributed by atoms with E-state index in [1.54, 1.807) is 17.5 Å². The van der Waals surface area contributed by atoms with Crippen molar-refractivity contribution in [3.05, 3.63) is 36.0 Å². The third-order valence-corrected chi connectivity index (χ3v) is 8.66. The minimum Gasteiger partial charge on any atom is -0.494 e. The zero-order valence-corrected chi connectivity index (χ0v) is 24.8. The first-order valence-electron chi connectivity index (χ1n) is 13.0. The Bertz CT molecular complexity index is 1210. The lowest BCUT2D eigenvalue weighted by Crippen LogP contribution is -2.49. The smallest absolute Gasteiger partial charge is 0.247 e. The van der Waals surface area contributed by atoms with Crippen molar-refractivity contribution in [3.63, 3.8) is 0 Å². The predicted molar refractivity (Wildman–Crippen MR) is 160 cm³/mol. The fraction of sp³-hybridized carbons (Fsp3) is 0.500. The summed E-state index contributed by atoms with van der Waals surface area (Å²) in [5.41, 5.74) is 2.01. The molecule has 4 N–H and O–H groups in total. The van der Waals surface area contributed by atoms with E-state index in [1.807, 2.05) is 6.07 Å². The van der Waals surface area contributed by atoms with E-state index in [-0.39, 0.29) is 28.7 Å². The van der Waals surface area contributed by atoms with Crippen LogP contribution in [0.5, 0.6) is 11.6 Å². The van der Waals surface area contributed by atoms with Gasteiger partial charge < -0.3 is 29.9 Å². The molecule has 1 aromatic carbocycles. The van der Waals surface area contributed by atoms with Gasteiger partial charge in [0.1, 0.15) is 10.8 Å². The first-order chi connectivity index (χ1) is 19.0.